The fourth-order valence-corrected chi connectivity index (χ4v) is 1.57. The van der Waals surface area contributed by atoms with Crippen LogP contribution < -0.4 is 0 Å². The summed E-state index contributed by atoms with van der Waals surface area (Å²) >= 11 is 0.669. The van der Waals surface area contributed by atoms with E-state index in [1.807, 2.05) is 0 Å². The highest BCUT2D eigenvalue weighted by molar-refractivity contribution is 7.09. The molecule has 1 unspecified atom stereocenters. The second kappa shape index (κ2) is 4.56. The van der Waals surface area contributed by atoms with E-state index in [9.17, 15) is 18.0 Å². The number of carbonyl (C=O) groups excluding carboxylic acids is 1. The van der Waals surface area contributed by atoms with Gasteiger partial charge in [0.05, 0.1) is 6.61 Å². The molecule has 1 heterocycles. The molecule has 1 aromatic heterocycles. The van der Waals surface area contributed by atoms with Crippen molar-refractivity contribution in [3.05, 3.63) is 10.5 Å². The molecule has 0 saturated carbocycles. The molecule has 1 rings (SSSR count). The van der Waals surface area contributed by atoms with Crippen LogP contribution >= 0.6 is 11.3 Å². The van der Waals surface area contributed by atoms with Gasteiger partial charge in [-0.1, -0.05) is 0 Å². The third-order valence-electron chi connectivity index (χ3n) is 1.47. The predicted octanol–water partition coefficient (Wildman–Crippen LogP) is 1.75. The van der Waals surface area contributed by atoms with E-state index in [-0.39, 0.29) is 6.61 Å². The van der Waals surface area contributed by atoms with E-state index in [4.69, 9.17) is 0 Å². The van der Waals surface area contributed by atoms with Gasteiger partial charge in [0, 0.05) is 0 Å². The highest BCUT2D eigenvalue weighted by Crippen LogP contribution is 2.36. The fraction of sp³-hybridized carbons (Fsp3) is 0.571. The van der Waals surface area contributed by atoms with Gasteiger partial charge in [0.2, 0.25) is 5.92 Å². The number of hydrogen-bond acceptors (Lipinski definition) is 5. The molecule has 15 heavy (non-hydrogen) atoms. The van der Waals surface area contributed by atoms with E-state index in [0.717, 1.165) is 5.51 Å². The van der Waals surface area contributed by atoms with Crippen molar-refractivity contribution in [2.75, 3.05) is 6.61 Å². The van der Waals surface area contributed by atoms with Gasteiger partial charge in [0.15, 0.2) is 0 Å². The number of halogens is 3. The molecule has 1 aromatic rings. The molecule has 0 radical (unpaired) electrons. The van der Waals surface area contributed by atoms with Crippen LogP contribution in [-0.4, -0.2) is 28.9 Å². The van der Waals surface area contributed by atoms with Crippen molar-refractivity contribution in [2.24, 2.45) is 0 Å². The van der Waals surface area contributed by atoms with Gasteiger partial charge in [-0.25, -0.2) is 0 Å². The summed E-state index contributed by atoms with van der Waals surface area (Å²) in [5.74, 6) is -3.67. The van der Waals surface area contributed by atoms with Crippen LogP contribution in [0.5, 0.6) is 0 Å². The molecule has 0 aliphatic heterocycles. The van der Waals surface area contributed by atoms with Crippen molar-refractivity contribution in [3.8, 4) is 0 Å². The standard InChI is InChI=1S/C7H7F3N2O2S/c1-2-14-6(13)4(7(8,9)10)5-12-11-3-15-5/h3-4H,2H2,1H3. The lowest BCUT2D eigenvalue weighted by Crippen LogP contribution is -2.30. The number of aromatic nitrogens is 2. The van der Waals surface area contributed by atoms with Gasteiger partial charge >= 0.3 is 12.1 Å². The average Bonchev–Trinajstić information content (AvgIpc) is 2.55. The highest BCUT2D eigenvalue weighted by Gasteiger charge is 2.49. The van der Waals surface area contributed by atoms with Gasteiger partial charge in [-0.2, -0.15) is 13.2 Å². The van der Waals surface area contributed by atoms with E-state index in [1.165, 1.54) is 6.92 Å². The van der Waals surface area contributed by atoms with E-state index >= 15 is 0 Å². The number of nitrogens with zero attached hydrogens (tertiary/aromatic N) is 2. The quantitative estimate of drug-likeness (QED) is 0.755. The topological polar surface area (TPSA) is 52.1 Å². The molecule has 84 valence electrons. The molecular formula is C7H7F3N2O2S. The van der Waals surface area contributed by atoms with Crippen LogP contribution in [0.2, 0.25) is 0 Å². The summed E-state index contributed by atoms with van der Waals surface area (Å²) in [6, 6.07) is 0. The Bertz CT molecular complexity index is 325. The van der Waals surface area contributed by atoms with E-state index in [0.29, 0.717) is 11.3 Å². The minimum absolute atomic E-state index is 0.107. The van der Waals surface area contributed by atoms with Gasteiger partial charge in [-0.3, -0.25) is 4.79 Å². The normalized spacial score (nSPS) is 13.6. The van der Waals surface area contributed by atoms with E-state index in [1.54, 1.807) is 0 Å². The first-order valence-corrected chi connectivity index (χ1v) is 4.84. The molecule has 0 amide bonds. The van der Waals surface area contributed by atoms with Crippen molar-refractivity contribution < 1.29 is 22.7 Å². The molecule has 0 aliphatic rings. The lowest BCUT2D eigenvalue weighted by Gasteiger charge is -2.15. The zero-order valence-corrected chi connectivity index (χ0v) is 8.43. The monoisotopic (exact) mass is 240 g/mol. The molecule has 0 saturated heterocycles. The Morgan fingerprint density at radius 1 is 1.67 bits per heavy atom. The van der Waals surface area contributed by atoms with Gasteiger partial charge in [-0.05, 0) is 6.92 Å². The summed E-state index contributed by atoms with van der Waals surface area (Å²) in [4.78, 5) is 11.1. The van der Waals surface area contributed by atoms with Crippen LogP contribution in [0, 0.1) is 0 Å². The Hall–Kier alpha value is -1.18. The molecular weight excluding hydrogens is 233 g/mol. The number of alkyl halides is 3. The van der Waals surface area contributed by atoms with E-state index < -0.39 is 23.1 Å². The minimum atomic E-state index is -4.70. The summed E-state index contributed by atoms with van der Waals surface area (Å²) in [5.41, 5.74) is 1.13. The molecule has 4 nitrogen and oxygen atoms in total. The second-order valence-electron chi connectivity index (χ2n) is 2.50. The largest absolute Gasteiger partial charge is 0.465 e. The van der Waals surface area contributed by atoms with Crippen LogP contribution in [0.4, 0.5) is 13.2 Å². The Morgan fingerprint density at radius 2 is 2.33 bits per heavy atom. The van der Waals surface area contributed by atoms with Crippen LogP contribution in [-0.2, 0) is 9.53 Å². The molecule has 0 N–H and O–H groups in total. The second-order valence-corrected chi connectivity index (χ2v) is 3.37. The third-order valence-corrected chi connectivity index (χ3v) is 2.23. The zero-order valence-electron chi connectivity index (χ0n) is 7.61. The van der Waals surface area contributed by atoms with Gasteiger partial charge < -0.3 is 4.74 Å². The van der Waals surface area contributed by atoms with Gasteiger partial charge in [0.25, 0.3) is 0 Å². The summed E-state index contributed by atoms with van der Waals surface area (Å²) in [7, 11) is 0. The van der Waals surface area contributed by atoms with Crippen molar-refractivity contribution in [1.29, 1.82) is 0 Å². The zero-order chi connectivity index (χ0) is 11.5. The molecule has 0 spiro atoms. The maximum atomic E-state index is 12.5. The summed E-state index contributed by atoms with van der Waals surface area (Å²) in [5, 5.41) is 6.09. The molecule has 0 aliphatic carbocycles. The average molecular weight is 240 g/mol. The van der Waals surface area contributed by atoms with Crippen LogP contribution in [0.1, 0.15) is 17.8 Å². The summed E-state index contributed by atoms with van der Waals surface area (Å²) < 4.78 is 41.8. The maximum Gasteiger partial charge on any atom is 0.408 e. The van der Waals surface area contributed by atoms with Crippen molar-refractivity contribution in [2.45, 2.75) is 19.0 Å². The van der Waals surface area contributed by atoms with Gasteiger partial charge in [-0.15, -0.1) is 21.5 Å². The number of esters is 1. The summed E-state index contributed by atoms with van der Waals surface area (Å²) in [6.07, 6.45) is -4.70. The highest BCUT2D eigenvalue weighted by atomic mass is 32.1. The first-order valence-electron chi connectivity index (χ1n) is 3.96. The number of carbonyl (C=O) groups is 1. The molecule has 0 fully saturated rings. The van der Waals surface area contributed by atoms with Crippen molar-refractivity contribution in [1.82, 2.24) is 10.2 Å². The smallest absolute Gasteiger partial charge is 0.408 e. The Labute approximate surface area is 87.1 Å². The predicted molar refractivity (Wildman–Crippen MR) is 45.3 cm³/mol. The first-order chi connectivity index (χ1) is 6.96. The Kier molecular flexibility index (Phi) is 3.61. The van der Waals surface area contributed by atoms with E-state index in [2.05, 4.69) is 14.9 Å². The molecule has 1 atom stereocenters. The Morgan fingerprint density at radius 3 is 2.73 bits per heavy atom. The Balaban J connectivity index is 2.94. The lowest BCUT2D eigenvalue weighted by atomic mass is 10.1. The molecule has 0 aromatic carbocycles. The number of ether oxygens (including phenoxy) is 1. The van der Waals surface area contributed by atoms with Crippen molar-refractivity contribution >= 4 is 17.3 Å². The maximum absolute atomic E-state index is 12.5. The molecule has 0 bridgehead atoms. The summed E-state index contributed by atoms with van der Waals surface area (Å²) in [6.45, 7) is 1.33. The van der Waals surface area contributed by atoms with Crippen molar-refractivity contribution in [3.63, 3.8) is 0 Å². The van der Waals surface area contributed by atoms with Crippen LogP contribution in [0.15, 0.2) is 5.51 Å². The SMILES string of the molecule is CCOC(=O)C(c1nncs1)C(F)(F)F. The number of hydrogen-bond donors (Lipinski definition) is 0. The third kappa shape index (κ3) is 2.88. The van der Waals surface area contributed by atoms with Crippen LogP contribution in [0.25, 0.3) is 0 Å². The van der Waals surface area contributed by atoms with Gasteiger partial charge in [0.1, 0.15) is 10.5 Å². The first kappa shape index (κ1) is 11.9. The molecule has 8 heteroatoms. The van der Waals surface area contributed by atoms with Crippen LogP contribution in [0.3, 0.4) is 0 Å². The number of rotatable bonds is 3. The fourth-order valence-electron chi connectivity index (χ4n) is 0.907. The minimum Gasteiger partial charge on any atom is -0.465 e. The lowest BCUT2D eigenvalue weighted by molar-refractivity contribution is -0.181.